The summed E-state index contributed by atoms with van der Waals surface area (Å²) in [5, 5.41) is 0. The predicted molar refractivity (Wildman–Crippen MR) is 50.8 cm³/mol. The summed E-state index contributed by atoms with van der Waals surface area (Å²) < 4.78 is 0. The second kappa shape index (κ2) is 2.10. The Bertz CT molecular complexity index is 394. The average molecular weight is 154 g/mol. The number of hydrogen-bond donors (Lipinski definition) is 0. The highest BCUT2D eigenvalue weighted by atomic mass is 14.2. The van der Waals surface area contributed by atoms with Crippen LogP contribution in [0.5, 0.6) is 0 Å². The SMILES string of the molecule is C1=CC2=C(C1)Cc1ccccc12. The molecule has 1 aromatic rings. The van der Waals surface area contributed by atoms with Crippen LogP contribution < -0.4 is 0 Å². The lowest BCUT2D eigenvalue weighted by atomic mass is 10.1. The molecule has 0 saturated carbocycles. The zero-order chi connectivity index (χ0) is 7.97. The van der Waals surface area contributed by atoms with E-state index in [1.54, 1.807) is 5.57 Å². The lowest BCUT2D eigenvalue weighted by molar-refractivity contribution is 1.12. The van der Waals surface area contributed by atoms with Crippen molar-refractivity contribution < 1.29 is 0 Å². The van der Waals surface area contributed by atoms with Crippen molar-refractivity contribution in [1.82, 2.24) is 0 Å². The van der Waals surface area contributed by atoms with Crippen molar-refractivity contribution in [2.45, 2.75) is 12.8 Å². The van der Waals surface area contributed by atoms with Crippen molar-refractivity contribution in [2.24, 2.45) is 0 Å². The minimum atomic E-state index is 1.17. The molecule has 0 spiro atoms. The fourth-order valence-corrected chi connectivity index (χ4v) is 2.16. The summed E-state index contributed by atoms with van der Waals surface area (Å²) >= 11 is 0. The van der Waals surface area contributed by atoms with Gasteiger partial charge in [0, 0.05) is 0 Å². The molecule has 0 unspecified atom stereocenters. The quantitative estimate of drug-likeness (QED) is 0.539. The summed E-state index contributed by atoms with van der Waals surface area (Å²) in [6.45, 7) is 0. The monoisotopic (exact) mass is 154 g/mol. The molecule has 0 radical (unpaired) electrons. The highest BCUT2D eigenvalue weighted by Gasteiger charge is 2.20. The van der Waals surface area contributed by atoms with Gasteiger partial charge in [0.1, 0.15) is 0 Å². The van der Waals surface area contributed by atoms with E-state index in [0.29, 0.717) is 0 Å². The molecule has 0 heteroatoms. The Labute approximate surface area is 72.2 Å². The standard InChI is InChI=1S/C12H10/c1-2-6-11-9(4-1)8-10-5-3-7-12(10)11/h1-4,6-7H,5,8H2. The van der Waals surface area contributed by atoms with E-state index in [2.05, 4.69) is 36.4 Å². The summed E-state index contributed by atoms with van der Waals surface area (Å²) in [5.41, 5.74) is 6.06. The fraction of sp³-hybridized carbons (Fsp3) is 0.167. The van der Waals surface area contributed by atoms with Gasteiger partial charge in [0.25, 0.3) is 0 Å². The number of rotatable bonds is 0. The van der Waals surface area contributed by atoms with Gasteiger partial charge >= 0.3 is 0 Å². The molecular formula is C12H10. The maximum atomic E-state index is 2.27. The van der Waals surface area contributed by atoms with Gasteiger partial charge in [0.15, 0.2) is 0 Å². The van der Waals surface area contributed by atoms with Gasteiger partial charge in [-0.05, 0) is 29.5 Å². The summed E-state index contributed by atoms with van der Waals surface area (Å²) in [7, 11) is 0. The maximum absolute atomic E-state index is 2.27. The fourth-order valence-electron chi connectivity index (χ4n) is 2.16. The molecular weight excluding hydrogens is 144 g/mol. The Morgan fingerprint density at radius 1 is 1.08 bits per heavy atom. The molecule has 58 valence electrons. The smallest absolute Gasteiger partial charge is 0.00486 e. The normalized spacial score (nSPS) is 18.3. The van der Waals surface area contributed by atoms with E-state index in [4.69, 9.17) is 0 Å². The molecule has 3 rings (SSSR count). The predicted octanol–water partition coefficient (Wildman–Crippen LogP) is 2.96. The molecule has 1 aromatic carbocycles. The Morgan fingerprint density at radius 3 is 3.00 bits per heavy atom. The van der Waals surface area contributed by atoms with Crippen LogP contribution in [0.15, 0.2) is 42.0 Å². The van der Waals surface area contributed by atoms with Crippen LogP contribution in [-0.4, -0.2) is 0 Å². The first kappa shape index (κ1) is 6.24. The Balaban J connectivity index is 2.24. The molecule has 0 bridgehead atoms. The zero-order valence-electron chi connectivity index (χ0n) is 6.88. The summed E-state index contributed by atoms with van der Waals surface area (Å²) in [6, 6.07) is 8.72. The van der Waals surface area contributed by atoms with Crippen LogP contribution >= 0.6 is 0 Å². The Hall–Kier alpha value is -1.30. The lowest BCUT2D eigenvalue weighted by Gasteiger charge is -1.98. The Morgan fingerprint density at radius 2 is 2.00 bits per heavy atom. The summed E-state index contributed by atoms with van der Waals surface area (Å²) in [5.74, 6) is 0. The highest BCUT2D eigenvalue weighted by molar-refractivity contribution is 5.85. The molecule has 0 atom stereocenters. The molecule has 0 saturated heterocycles. The van der Waals surface area contributed by atoms with E-state index in [1.807, 2.05) is 0 Å². The lowest BCUT2D eigenvalue weighted by Crippen LogP contribution is -1.82. The third-order valence-corrected chi connectivity index (χ3v) is 2.74. The highest BCUT2D eigenvalue weighted by Crippen LogP contribution is 2.38. The maximum Gasteiger partial charge on any atom is -0.00486 e. The van der Waals surface area contributed by atoms with Crippen molar-refractivity contribution in [3.63, 3.8) is 0 Å². The number of hydrogen-bond acceptors (Lipinski definition) is 0. The molecule has 0 heterocycles. The molecule has 0 aliphatic heterocycles. The van der Waals surface area contributed by atoms with Crippen molar-refractivity contribution in [3.05, 3.63) is 53.1 Å². The average Bonchev–Trinajstić information content (AvgIpc) is 2.62. The topological polar surface area (TPSA) is 0 Å². The van der Waals surface area contributed by atoms with E-state index < -0.39 is 0 Å². The summed E-state index contributed by atoms with van der Waals surface area (Å²) in [6.07, 6.45) is 6.88. The van der Waals surface area contributed by atoms with Crippen molar-refractivity contribution in [3.8, 4) is 0 Å². The van der Waals surface area contributed by atoms with Crippen molar-refractivity contribution in [1.29, 1.82) is 0 Å². The minimum Gasteiger partial charge on any atom is -0.0798 e. The third-order valence-electron chi connectivity index (χ3n) is 2.74. The van der Waals surface area contributed by atoms with Crippen LogP contribution in [0.3, 0.4) is 0 Å². The second-order valence-electron chi connectivity index (χ2n) is 3.46. The third kappa shape index (κ3) is 0.672. The van der Waals surface area contributed by atoms with Crippen molar-refractivity contribution >= 4 is 5.57 Å². The number of benzene rings is 1. The zero-order valence-corrected chi connectivity index (χ0v) is 6.88. The van der Waals surface area contributed by atoms with Gasteiger partial charge in [0.2, 0.25) is 0 Å². The van der Waals surface area contributed by atoms with Crippen LogP contribution in [0.1, 0.15) is 17.5 Å². The molecule has 0 aromatic heterocycles. The van der Waals surface area contributed by atoms with Crippen LogP contribution in [0.2, 0.25) is 0 Å². The van der Waals surface area contributed by atoms with Gasteiger partial charge in [-0.25, -0.2) is 0 Å². The van der Waals surface area contributed by atoms with E-state index in [9.17, 15) is 0 Å². The van der Waals surface area contributed by atoms with Gasteiger partial charge < -0.3 is 0 Å². The molecule has 12 heavy (non-hydrogen) atoms. The molecule has 0 nitrogen and oxygen atoms in total. The van der Waals surface area contributed by atoms with Crippen LogP contribution in [-0.2, 0) is 6.42 Å². The largest absolute Gasteiger partial charge is 0.0798 e. The Kier molecular flexibility index (Phi) is 1.09. The van der Waals surface area contributed by atoms with Crippen LogP contribution in [0.4, 0.5) is 0 Å². The van der Waals surface area contributed by atoms with E-state index in [1.165, 1.54) is 29.5 Å². The summed E-state index contributed by atoms with van der Waals surface area (Å²) in [4.78, 5) is 0. The van der Waals surface area contributed by atoms with E-state index in [0.717, 1.165) is 0 Å². The van der Waals surface area contributed by atoms with Gasteiger partial charge in [-0.3, -0.25) is 0 Å². The van der Waals surface area contributed by atoms with Crippen molar-refractivity contribution in [2.75, 3.05) is 0 Å². The first-order chi connectivity index (χ1) is 5.95. The number of allylic oxidation sites excluding steroid dienone is 4. The van der Waals surface area contributed by atoms with E-state index in [-0.39, 0.29) is 0 Å². The van der Waals surface area contributed by atoms with E-state index >= 15 is 0 Å². The minimum absolute atomic E-state index is 1.17. The number of fused-ring (bicyclic) bond motifs is 2. The van der Waals surface area contributed by atoms with Gasteiger partial charge in [-0.1, -0.05) is 42.0 Å². The van der Waals surface area contributed by atoms with Crippen LogP contribution in [0.25, 0.3) is 5.57 Å². The molecule has 2 aliphatic rings. The molecule has 0 amide bonds. The van der Waals surface area contributed by atoms with Gasteiger partial charge in [-0.15, -0.1) is 0 Å². The van der Waals surface area contributed by atoms with Crippen LogP contribution in [0, 0.1) is 0 Å². The molecule has 2 aliphatic carbocycles. The van der Waals surface area contributed by atoms with Gasteiger partial charge in [-0.2, -0.15) is 0 Å². The first-order valence-electron chi connectivity index (χ1n) is 4.42. The first-order valence-corrected chi connectivity index (χ1v) is 4.42. The molecule has 0 fully saturated rings. The molecule has 0 N–H and O–H groups in total. The van der Waals surface area contributed by atoms with Gasteiger partial charge in [0.05, 0.1) is 0 Å². The second-order valence-corrected chi connectivity index (χ2v) is 3.46.